The minimum atomic E-state index is -0.188. The van der Waals surface area contributed by atoms with Crippen molar-refractivity contribution >= 4 is 17.4 Å². The van der Waals surface area contributed by atoms with Crippen LogP contribution < -0.4 is 0 Å². The van der Waals surface area contributed by atoms with E-state index in [1.54, 1.807) is 0 Å². The summed E-state index contributed by atoms with van der Waals surface area (Å²) >= 11 is 5.96. The van der Waals surface area contributed by atoms with E-state index in [-0.39, 0.29) is 11.7 Å². The first kappa shape index (κ1) is 13.8. The molecule has 0 saturated carbocycles. The number of Topliss-reactive ketones (excluding diaryl/α,β-unsaturated/α-hetero) is 1. The molecular formula is C17H17ClO. The molecule has 1 nitrogen and oxygen atoms in total. The summed E-state index contributed by atoms with van der Waals surface area (Å²) < 4.78 is 0. The molecule has 2 heteroatoms. The number of hydrogen-bond acceptors (Lipinski definition) is 1. The van der Waals surface area contributed by atoms with Crippen LogP contribution in [0.5, 0.6) is 0 Å². The Morgan fingerprint density at radius 1 is 0.947 bits per heavy atom. The largest absolute Gasteiger partial charge is 0.299 e. The van der Waals surface area contributed by atoms with Crippen LogP contribution in [0.15, 0.2) is 60.7 Å². The zero-order valence-corrected chi connectivity index (χ0v) is 11.5. The van der Waals surface area contributed by atoms with Gasteiger partial charge < -0.3 is 0 Å². The lowest BCUT2D eigenvalue weighted by Gasteiger charge is -2.13. The van der Waals surface area contributed by atoms with Crippen molar-refractivity contribution in [3.8, 4) is 0 Å². The van der Waals surface area contributed by atoms with E-state index in [0.29, 0.717) is 12.3 Å². The molecule has 2 rings (SSSR count). The topological polar surface area (TPSA) is 17.1 Å². The highest BCUT2D eigenvalue weighted by Gasteiger charge is 2.18. The molecule has 0 fully saturated rings. The highest BCUT2D eigenvalue weighted by atomic mass is 35.5. The van der Waals surface area contributed by atoms with Crippen molar-refractivity contribution in [1.82, 2.24) is 0 Å². The van der Waals surface area contributed by atoms with E-state index in [1.165, 1.54) is 5.56 Å². The molecule has 0 aliphatic carbocycles. The molecule has 0 spiro atoms. The molecule has 98 valence electrons. The molecule has 0 radical (unpaired) electrons. The number of benzene rings is 2. The van der Waals surface area contributed by atoms with E-state index >= 15 is 0 Å². The second kappa shape index (κ2) is 7.10. The van der Waals surface area contributed by atoms with Crippen LogP contribution in [0.3, 0.4) is 0 Å². The number of rotatable bonds is 6. The number of ketones is 1. The summed E-state index contributed by atoms with van der Waals surface area (Å²) in [5.74, 6) is 0.370. The van der Waals surface area contributed by atoms with E-state index in [4.69, 9.17) is 11.6 Å². The average Bonchev–Trinajstić information content (AvgIpc) is 2.48. The lowest BCUT2D eigenvalue weighted by atomic mass is 9.93. The normalized spacial score (nSPS) is 12.1. The first-order valence-corrected chi connectivity index (χ1v) is 7.02. The Hall–Kier alpha value is -1.60. The smallest absolute Gasteiger partial charge is 0.141 e. The molecule has 1 atom stereocenters. The summed E-state index contributed by atoms with van der Waals surface area (Å²) in [7, 11) is 0. The average molecular weight is 273 g/mol. The van der Waals surface area contributed by atoms with Gasteiger partial charge in [-0.1, -0.05) is 60.7 Å². The molecule has 0 bridgehead atoms. The highest BCUT2D eigenvalue weighted by Crippen LogP contribution is 2.20. The Labute approximate surface area is 119 Å². The Morgan fingerprint density at radius 3 is 2.11 bits per heavy atom. The van der Waals surface area contributed by atoms with Gasteiger partial charge in [-0.2, -0.15) is 0 Å². The summed E-state index contributed by atoms with van der Waals surface area (Å²) in [6.45, 7) is 0. The molecule has 2 aromatic carbocycles. The Kier molecular flexibility index (Phi) is 5.17. The zero-order valence-electron chi connectivity index (χ0n) is 10.8. The number of alkyl halides is 1. The summed E-state index contributed by atoms with van der Waals surface area (Å²) in [4.78, 5) is 12.3. The summed E-state index contributed by atoms with van der Waals surface area (Å²) in [6, 6.07) is 19.8. The van der Waals surface area contributed by atoms with Gasteiger partial charge in [0.1, 0.15) is 5.78 Å². The first-order chi connectivity index (χ1) is 9.31. The second-order valence-corrected chi connectivity index (χ2v) is 4.88. The van der Waals surface area contributed by atoms with Crippen LogP contribution in [0, 0.1) is 0 Å². The minimum Gasteiger partial charge on any atom is -0.299 e. The van der Waals surface area contributed by atoms with Crippen LogP contribution in [-0.2, 0) is 11.2 Å². The molecule has 0 aromatic heterocycles. The Bertz CT molecular complexity index is 507. The van der Waals surface area contributed by atoms with Crippen molar-refractivity contribution in [2.24, 2.45) is 0 Å². The van der Waals surface area contributed by atoms with Gasteiger partial charge in [0.25, 0.3) is 0 Å². The van der Waals surface area contributed by atoms with Crippen molar-refractivity contribution in [1.29, 1.82) is 0 Å². The van der Waals surface area contributed by atoms with Crippen molar-refractivity contribution in [3.05, 3.63) is 71.8 Å². The van der Waals surface area contributed by atoms with Gasteiger partial charge in [0.15, 0.2) is 0 Å². The van der Waals surface area contributed by atoms with Gasteiger partial charge in [0, 0.05) is 12.3 Å². The van der Waals surface area contributed by atoms with Crippen LogP contribution in [0.25, 0.3) is 0 Å². The Morgan fingerprint density at radius 2 is 1.53 bits per heavy atom. The van der Waals surface area contributed by atoms with Crippen LogP contribution in [0.1, 0.15) is 23.5 Å². The molecule has 0 aliphatic heterocycles. The lowest BCUT2D eigenvalue weighted by molar-refractivity contribution is -0.120. The van der Waals surface area contributed by atoms with E-state index < -0.39 is 0 Å². The van der Waals surface area contributed by atoms with Gasteiger partial charge in [-0.25, -0.2) is 0 Å². The number of carbonyl (C=O) groups is 1. The molecule has 0 N–H and O–H groups in total. The molecule has 2 aromatic rings. The van der Waals surface area contributed by atoms with Crippen molar-refractivity contribution < 1.29 is 4.79 Å². The molecule has 19 heavy (non-hydrogen) atoms. The third-order valence-electron chi connectivity index (χ3n) is 3.25. The van der Waals surface area contributed by atoms with Crippen molar-refractivity contribution in [2.75, 3.05) is 5.88 Å². The highest BCUT2D eigenvalue weighted by molar-refractivity contribution is 6.20. The minimum absolute atomic E-state index is 0.188. The monoisotopic (exact) mass is 272 g/mol. The fraction of sp³-hybridized carbons (Fsp3) is 0.235. The summed E-state index contributed by atoms with van der Waals surface area (Å²) in [5, 5.41) is 0. The van der Waals surface area contributed by atoms with E-state index in [1.807, 2.05) is 60.7 Å². The fourth-order valence-electron chi connectivity index (χ4n) is 2.13. The third kappa shape index (κ3) is 3.93. The molecule has 0 saturated heterocycles. The van der Waals surface area contributed by atoms with Gasteiger partial charge in [0.2, 0.25) is 0 Å². The first-order valence-electron chi connectivity index (χ1n) is 6.49. The zero-order chi connectivity index (χ0) is 13.5. The Balaban J connectivity index is 1.98. The SMILES string of the molecule is O=C(CCc1ccccc1)C(CCl)c1ccccc1. The fourth-order valence-corrected chi connectivity index (χ4v) is 2.48. The standard InChI is InChI=1S/C17H17ClO/c18-13-16(15-9-5-2-6-10-15)17(19)12-11-14-7-3-1-4-8-14/h1-10,16H,11-13H2. The molecule has 1 unspecified atom stereocenters. The van der Waals surface area contributed by atoms with Gasteiger partial charge in [0.05, 0.1) is 5.92 Å². The maximum atomic E-state index is 12.3. The number of carbonyl (C=O) groups excluding carboxylic acids is 1. The van der Waals surface area contributed by atoms with Gasteiger partial charge in [-0.15, -0.1) is 11.6 Å². The molecule has 0 amide bonds. The van der Waals surface area contributed by atoms with E-state index in [9.17, 15) is 4.79 Å². The predicted molar refractivity (Wildman–Crippen MR) is 79.7 cm³/mol. The lowest BCUT2D eigenvalue weighted by Crippen LogP contribution is -2.14. The predicted octanol–water partition coefficient (Wildman–Crippen LogP) is 4.21. The van der Waals surface area contributed by atoms with Crippen LogP contribution >= 0.6 is 11.6 Å². The maximum absolute atomic E-state index is 12.3. The molecular weight excluding hydrogens is 256 g/mol. The van der Waals surface area contributed by atoms with E-state index in [0.717, 1.165) is 12.0 Å². The third-order valence-corrected chi connectivity index (χ3v) is 3.56. The summed E-state index contributed by atoms with van der Waals surface area (Å²) in [6.07, 6.45) is 1.32. The van der Waals surface area contributed by atoms with Crippen molar-refractivity contribution in [2.45, 2.75) is 18.8 Å². The van der Waals surface area contributed by atoms with Crippen LogP contribution in [0.2, 0.25) is 0 Å². The summed E-state index contributed by atoms with van der Waals surface area (Å²) in [5.41, 5.74) is 2.20. The van der Waals surface area contributed by atoms with Crippen LogP contribution in [0.4, 0.5) is 0 Å². The maximum Gasteiger partial charge on any atom is 0.141 e. The molecule has 0 heterocycles. The quantitative estimate of drug-likeness (QED) is 0.720. The van der Waals surface area contributed by atoms with Crippen LogP contribution in [-0.4, -0.2) is 11.7 Å². The molecule has 0 aliphatic rings. The number of hydrogen-bond donors (Lipinski definition) is 0. The number of halogens is 1. The van der Waals surface area contributed by atoms with Crippen molar-refractivity contribution in [3.63, 3.8) is 0 Å². The number of aryl methyl sites for hydroxylation is 1. The van der Waals surface area contributed by atoms with E-state index in [2.05, 4.69) is 0 Å². The second-order valence-electron chi connectivity index (χ2n) is 4.57. The van der Waals surface area contributed by atoms with Gasteiger partial charge in [-0.3, -0.25) is 4.79 Å². The van der Waals surface area contributed by atoms with Gasteiger partial charge >= 0.3 is 0 Å². The van der Waals surface area contributed by atoms with Gasteiger partial charge in [-0.05, 0) is 17.5 Å².